The Morgan fingerprint density at radius 1 is 1.24 bits per heavy atom. The molecule has 0 aromatic heterocycles. The van der Waals surface area contributed by atoms with Gasteiger partial charge in [0.25, 0.3) is 0 Å². The van der Waals surface area contributed by atoms with E-state index in [0.717, 1.165) is 29.5 Å². The average Bonchev–Trinajstić information content (AvgIpc) is 3.14. The van der Waals surface area contributed by atoms with E-state index in [2.05, 4.69) is 5.32 Å². The summed E-state index contributed by atoms with van der Waals surface area (Å²) < 4.78 is 0. The Balaban J connectivity index is 1.64. The van der Waals surface area contributed by atoms with Gasteiger partial charge in [0.05, 0.1) is 0 Å². The van der Waals surface area contributed by atoms with Crippen LogP contribution in [-0.2, 0) is 6.54 Å². The molecule has 0 radical (unpaired) electrons. The van der Waals surface area contributed by atoms with Crippen LogP contribution in [0.4, 0.5) is 0 Å². The van der Waals surface area contributed by atoms with Crippen molar-refractivity contribution in [3.05, 3.63) is 29.3 Å². The minimum absolute atomic E-state index is 0.463. The van der Waals surface area contributed by atoms with E-state index in [1.54, 1.807) is 0 Å². The van der Waals surface area contributed by atoms with Gasteiger partial charge < -0.3 is 10.4 Å². The Labute approximate surface area is 103 Å². The summed E-state index contributed by atoms with van der Waals surface area (Å²) in [6.45, 7) is 2.77. The minimum atomic E-state index is 0.463. The molecule has 0 saturated heterocycles. The number of para-hydroxylation sites is 1. The van der Waals surface area contributed by atoms with Crippen molar-refractivity contribution in [1.29, 1.82) is 0 Å². The maximum atomic E-state index is 9.98. The van der Waals surface area contributed by atoms with Crippen molar-refractivity contribution >= 4 is 0 Å². The zero-order valence-electron chi connectivity index (χ0n) is 10.4. The number of rotatable bonds is 5. The van der Waals surface area contributed by atoms with E-state index in [1.165, 1.54) is 25.7 Å². The van der Waals surface area contributed by atoms with E-state index in [1.807, 2.05) is 25.1 Å². The van der Waals surface area contributed by atoms with Crippen LogP contribution in [0.3, 0.4) is 0 Å². The van der Waals surface area contributed by atoms with E-state index >= 15 is 0 Å². The quantitative estimate of drug-likeness (QED) is 0.816. The summed E-state index contributed by atoms with van der Waals surface area (Å²) >= 11 is 0. The predicted molar refractivity (Wildman–Crippen MR) is 68.9 cm³/mol. The van der Waals surface area contributed by atoms with Crippen molar-refractivity contribution in [3.8, 4) is 5.75 Å². The number of nitrogens with one attached hydrogen (secondary N) is 1. The predicted octanol–water partition coefficient (Wildman–Crippen LogP) is 2.98. The summed E-state index contributed by atoms with van der Waals surface area (Å²) in [4.78, 5) is 0. The highest BCUT2D eigenvalue weighted by Crippen LogP contribution is 2.44. The van der Waals surface area contributed by atoms with Crippen molar-refractivity contribution < 1.29 is 5.11 Å². The van der Waals surface area contributed by atoms with E-state index in [4.69, 9.17) is 0 Å². The maximum absolute atomic E-state index is 9.98. The van der Waals surface area contributed by atoms with Crippen molar-refractivity contribution in [3.63, 3.8) is 0 Å². The van der Waals surface area contributed by atoms with Crippen molar-refractivity contribution in [2.75, 3.05) is 0 Å². The second-order valence-electron chi connectivity index (χ2n) is 5.66. The van der Waals surface area contributed by atoms with Gasteiger partial charge in [-0.3, -0.25) is 0 Å². The van der Waals surface area contributed by atoms with Crippen LogP contribution in [0.5, 0.6) is 5.75 Å². The molecule has 2 fully saturated rings. The molecular formula is C15H21NO. The van der Waals surface area contributed by atoms with Crippen LogP contribution in [0.15, 0.2) is 18.2 Å². The van der Waals surface area contributed by atoms with Gasteiger partial charge >= 0.3 is 0 Å². The van der Waals surface area contributed by atoms with Crippen LogP contribution in [0.2, 0.25) is 0 Å². The van der Waals surface area contributed by atoms with E-state index < -0.39 is 0 Å². The molecule has 92 valence electrons. The summed E-state index contributed by atoms with van der Waals surface area (Å²) in [6, 6.07) is 6.70. The second kappa shape index (κ2) is 4.34. The first-order valence-corrected chi connectivity index (χ1v) is 6.76. The average molecular weight is 231 g/mol. The molecule has 2 aliphatic carbocycles. The molecule has 0 spiro atoms. The Morgan fingerprint density at radius 2 is 1.88 bits per heavy atom. The Bertz CT molecular complexity index is 395. The normalized spacial score (nSPS) is 19.9. The maximum Gasteiger partial charge on any atom is 0.122 e. The van der Waals surface area contributed by atoms with Gasteiger partial charge in [0.1, 0.15) is 5.75 Å². The Hall–Kier alpha value is -1.02. The fourth-order valence-corrected chi connectivity index (χ4v) is 2.72. The lowest BCUT2D eigenvalue weighted by atomic mass is 10.1. The first-order valence-electron chi connectivity index (χ1n) is 6.76. The summed E-state index contributed by atoms with van der Waals surface area (Å²) in [7, 11) is 0. The van der Waals surface area contributed by atoms with Gasteiger partial charge in [-0.1, -0.05) is 18.2 Å². The molecule has 17 heavy (non-hydrogen) atoms. The number of aryl methyl sites for hydroxylation is 1. The third-order valence-electron chi connectivity index (χ3n) is 4.11. The van der Waals surface area contributed by atoms with E-state index in [0.29, 0.717) is 11.8 Å². The van der Waals surface area contributed by atoms with Crippen molar-refractivity contribution in [1.82, 2.24) is 5.32 Å². The second-order valence-corrected chi connectivity index (χ2v) is 5.66. The summed E-state index contributed by atoms with van der Waals surface area (Å²) in [5.41, 5.74) is 2.01. The van der Waals surface area contributed by atoms with Crippen LogP contribution >= 0.6 is 0 Å². The molecule has 2 nitrogen and oxygen atoms in total. The van der Waals surface area contributed by atoms with Crippen molar-refractivity contribution in [2.24, 2.45) is 11.8 Å². The van der Waals surface area contributed by atoms with Gasteiger partial charge in [0.2, 0.25) is 0 Å². The Morgan fingerprint density at radius 3 is 2.47 bits per heavy atom. The molecule has 2 saturated carbocycles. The standard InChI is InChI=1S/C15H21NO/c1-10-3-2-4-13(15(10)17)9-16-14(11-5-6-11)12-7-8-12/h2-4,11-12,14,16-17H,5-9H2,1H3. The molecule has 0 atom stereocenters. The zero-order valence-corrected chi connectivity index (χ0v) is 10.4. The first-order chi connectivity index (χ1) is 8.25. The highest BCUT2D eigenvalue weighted by molar-refractivity contribution is 5.39. The molecule has 2 N–H and O–H groups in total. The van der Waals surface area contributed by atoms with Crippen molar-refractivity contribution in [2.45, 2.75) is 45.2 Å². The van der Waals surface area contributed by atoms with Gasteiger partial charge in [-0.2, -0.15) is 0 Å². The van der Waals surface area contributed by atoms with Crippen LogP contribution in [0.1, 0.15) is 36.8 Å². The molecule has 1 aromatic rings. The summed E-state index contributed by atoms with van der Waals surface area (Å²) in [5.74, 6) is 2.29. The topological polar surface area (TPSA) is 32.3 Å². The number of aromatic hydroxyl groups is 1. The molecule has 0 heterocycles. The number of phenols is 1. The number of hydrogen-bond acceptors (Lipinski definition) is 2. The van der Waals surface area contributed by atoms with E-state index in [-0.39, 0.29) is 0 Å². The fraction of sp³-hybridized carbons (Fsp3) is 0.600. The molecule has 2 aliphatic rings. The molecule has 0 aliphatic heterocycles. The molecule has 2 heteroatoms. The number of benzene rings is 1. The summed E-state index contributed by atoms with van der Waals surface area (Å²) in [6.07, 6.45) is 5.59. The highest BCUT2D eigenvalue weighted by atomic mass is 16.3. The fourth-order valence-electron chi connectivity index (χ4n) is 2.72. The van der Waals surface area contributed by atoms with Crippen LogP contribution in [0.25, 0.3) is 0 Å². The third-order valence-corrected chi connectivity index (χ3v) is 4.11. The number of hydrogen-bond donors (Lipinski definition) is 2. The highest BCUT2D eigenvalue weighted by Gasteiger charge is 2.40. The molecule has 3 rings (SSSR count). The van der Waals surface area contributed by atoms with E-state index in [9.17, 15) is 5.11 Å². The first kappa shape index (κ1) is 11.1. The van der Waals surface area contributed by atoms with Crippen LogP contribution in [-0.4, -0.2) is 11.1 Å². The van der Waals surface area contributed by atoms with Gasteiger partial charge in [0.15, 0.2) is 0 Å². The smallest absolute Gasteiger partial charge is 0.122 e. The molecular weight excluding hydrogens is 210 g/mol. The SMILES string of the molecule is Cc1cccc(CNC(C2CC2)C2CC2)c1O. The van der Waals surface area contributed by atoms with Gasteiger partial charge in [-0.25, -0.2) is 0 Å². The largest absolute Gasteiger partial charge is 0.507 e. The minimum Gasteiger partial charge on any atom is -0.507 e. The zero-order chi connectivity index (χ0) is 11.8. The van der Waals surface area contributed by atoms with Crippen LogP contribution in [0, 0.1) is 18.8 Å². The lowest BCUT2D eigenvalue weighted by Gasteiger charge is -2.18. The number of phenolic OH excluding ortho intramolecular Hbond substituents is 1. The van der Waals surface area contributed by atoms with Gasteiger partial charge in [0, 0.05) is 18.2 Å². The summed E-state index contributed by atoms with van der Waals surface area (Å²) in [5, 5.41) is 13.6. The van der Waals surface area contributed by atoms with Gasteiger partial charge in [-0.05, 0) is 50.0 Å². The lowest BCUT2D eigenvalue weighted by Crippen LogP contribution is -2.32. The molecule has 0 amide bonds. The third kappa shape index (κ3) is 2.47. The van der Waals surface area contributed by atoms with Crippen LogP contribution < -0.4 is 5.32 Å². The molecule has 0 bridgehead atoms. The monoisotopic (exact) mass is 231 g/mol. The molecule has 0 unspecified atom stereocenters. The Kier molecular flexibility index (Phi) is 2.83. The lowest BCUT2D eigenvalue weighted by molar-refractivity contribution is 0.406. The molecule has 1 aromatic carbocycles. The van der Waals surface area contributed by atoms with Gasteiger partial charge in [-0.15, -0.1) is 0 Å².